The van der Waals surface area contributed by atoms with Crippen molar-refractivity contribution in [2.24, 2.45) is 4.99 Å². The Kier molecular flexibility index (Phi) is 7.19. The summed E-state index contributed by atoms with van der Waals surface area (Å²) in [6, 6.07) is 24.1. The first-order chi connectivity index (χ1) is 18.9. The zero-order valence-electron chi connectivity index (χ0n) is 22.0. The highest BCUT2D eigenvalue weighted by atomic mass is 16.5. The van der Waals surface area contributed by atoms with Crippen molar-refractivity contribution in [2.75, 3.05) is 6.61 Å². The van der Waals surface area contributed by atoms with E-state index < -0.39 is 11.9 Å². The number of rotatable bonds is 6. The summed E-state index contributed by atoms with van der Waals surface area (Å²) in [5.41, 5.74) is 3.55. The fourth-order valence-electron chi connectivity index (χ4n) is 4.58. The molecule has 5 rings (SSSR count). The van der Waals surface area contributed by atoms with Crippen LogP contribution in [0.5, 0.6) is 0 Å². The van der Waals surface area contributed by atoms with Gasteiger partial charge < -0.3 is 9.30 Å². The van der Waals surface area contributed by atoms with Crippen molar-refractivity contribution in [1.29, 1.82) is 0 Å². The Balaban J connectivity index is 1.64. The van der Waals surface area contributed by atoms with Crippen LogP contribution in [0.15, 0.2) is 94.8 Å². The Morgan fingerprint density at radius 1 is 0.949 bits per heavy atom. The molecule has 0 aliphatic heterocycles. The monoisotopic (exact) mass is 520 g/mol. The zero-order chi connectivity index (χ0) is 27.5. The standard InChI is InChI=1S/C31H28N4O4/c1-4-39-31(38)25-19-24-28(32-26-12-8-9-17-34(26)30(24)37)35(20(2)3)29(25)33-27(36)18-21-13-15-23(16-14-21)22-10-6-5-7-11-22/h5-17,19-20H,4,18H2,1-3H3. The van der Waals surface area contributed by atoms with Gasteiger partial charge in [-0.2, -0.15) is 4.99 Å². The highest BCUT2D eigenvalue weighted by molar-refractivity contribution is 5.94. The Morgan fingerprint density at radius 3 is 2.33 bits per heavy atom. The largest absolute Gasteiger partial charge is 0.462 e. The van der Waals surface area contributed by atoms with Gasteiger partial charge in [0.1, 0.15) is 16.9 Å². The molecule has 0 fully saturated rings. The van der Waals surface area contributed by atoms with E-state index in [1.54, 1.807) is 35.9 Å². The number of nitrogens with zero attached hydrogens (tertiary/aromatic N) is 4. The minimum atomic E-state index is -0.662. The number of ether oxygens (including phenoxy) is 1. The van der Waals surface area contributed by atoms with Crippen molar-refractivity contribution >= 4 is 28.6 Å². The number of hydrogen-bond acceptors (Lipinski definition) is 5. The molecule has 0 aliphatic carbocycles. The number of hydrogen-bond donors (Lipinski definition) is 0. The van der Waals surface area contributed by atoms with Gasteiger partial charge in [-0.15, -0.1) is 0 Å². The molecule has 0 unspecified atom stereocenters. The zero-order valence-corrected chi connectivity index (χ0v) is 22.0. The highest BCUT2D eigenvalue weighted by Crippen LogP contribution is 2.20. The molecule has 0 saturated heterocycles. The molecular formula is C31H28N4O4. The second-order valence-electron chi connectivity index (χ2n) is 9.39. The van der Waals surface area contributed by atoms with Crippen LogP contribution in [0.3, 0.4) is 0 Å². The van der Waals surface area contributed by atoms with Gasteiger partial charge in [0.15, 0.2) is 5.49 Å². The maximum atomic E-state index is 13.4. The fourth-order valence-corrected chi connectivity index (χ4v) is 4.58. The Labute approximate surface area is 224 Å². The molecule has 0 spiro atoms. The summed E-state index contributed by atoms with van der Waals surface area (Å²) in [4.78, 5) is 48.7. The number of pyridine rings is 2. The number of amides is 1. The summed E-state index contributed by atoms with van der Waals surface area (Å²) in [6.07, 6.45) is 1.67. The maximum Gasteiger partial charge on any atom is 0.341 e. The quantitative estimate of drug-likeness (QED) is 0.238. The molecule has 0 atom stereocenters. The summed E-state index contributed by atoms with van der Waals surface area (Å²) in [5.74, 6) is -1.09. The van der Waals surface area contributed by atoms with E-state index in [0.717, 1.165) is 16.7 Å². The van der Waals surface area contributed by atoms with E-state index in [-0.39, 0.29) is 41.1 Å². The van der Waals surface area contributed by atoms with Crippen molar-refractivity contribution in [2.45, 2.75) is 33.2 Å². The molecule has 0 radical (unpaired) electrons. The van der Waals surface area contributed by atoms with Crippen molar-refractivity contribution < 1.29 is 14.3 Å². The third-order valence-electron chi connectivity index (χ3n) is 6.39. The fraction of sp³-hybridized carbons (Fsp3) is 0.194. The van der Waals surface area contributed by atoms with Crippen LogP contribution >= 0.6 is 0 Å². The van der Waals surface area contributed by atoms with Crippen LogP contribution in [-0.2, 0) is 16.0 Å². The minimum Gasteiger partial charge on any atom is -0.462 e. The lowest BCUT2D eigenvalue weighted by Crippen LogP contribution is -2.33. The lowest BCUT2D eigenvalue weighted by atomic mass is 10.0. The first-order valence-corrected chi connectivity index (χ1v) is 12.8. The molecule has 1 amide bonds. The van der Waals surface area contributed by atoms with E-state index in [2.05, 4.69) is 4.99 Å². The second kappa shape index (κ2) is 10.9. The molecular weight excluding hydrogens is 492 g/mol. The first-order valence-electron chi connectivity index (χ1n) is 12.8. The van der Waals surface area contributed by atoms with E-state index in [0.29, 0.717) is 11.3 Å². The van der Waals surface area contributed by atoms with Crippen LogP contribution in [0.25, 0.3) is 27.8 Å². The predicted molar refractivity (Wildman–Crippen MR) is 149 cm³/mol. The third kappa shape index (κ3) is 5.13. The molecule has 2 aromatic carbocycles. The van der Waals surface area contributed by atoms with Gasteiger partial charge in [-0.25, -0.2) is 9.78 Å². The van der Waals surface area contributed by atoms with Gasteiger partial charge in [0.2, 0.25) is 0 Å². The molecule has 0 N–H and O–H groups in total. The number of carbonyl (C=O) groups is 2. The van der Waals surface area contributed by atoms with Crippen LogP contribution in [-0.4, -0.2) is 32.4 Å². The van der Waals surface area contributed by atoms with E-state index >= 15 is 0 Å². The molecule has 0 aliphatic rings. The number of carbonyl (C=O) groups excluding carboxylic acids is 2. The average molecular weight is 521 g/mol. The molecule has 196 valence electrons. The minimum absolute atomic E-state index is 0.0422. The number of benzene rings is 2. The Hall–Kier alpha value is -4.85. The predicted octanol–water partition coefficient (Wildman–Crippen LogP) is 4.74. The van der Waals surface area contributed by atoms with Crippen molar-refractivity contribution in [3.05, 3.63) is 112 Å². The summed E-state index contributed by atoms with van der Waals surface area (Å²) in [6.45, 7) is 5.60. The van der Waals surface area contributed by atoms with Crippen molar-refractivity contribution in [1.82, 2.24) is 14.0 Å². The van der Waals surface area contributed by atoms with E-state index in [1.807, 2.05) is 68.4 Å². The normalized spacial score (nSPS) is 11.8. The van der Waals surface area contributed by atoms with Crippen molar-refractivity contribution in [3.63, 3.8) is 0 Å². The van der Waals surface area contributed by atoms with Gasteiger partial charge in [-0.3, -0.25) is 14.0 Å². The molecule has 39 heavy (non-hydrogen) atoms. The van der Waals surface area contributed by atoms with Crippen molar-refractivity contribution in [3.8, 4) is 11.1 Å². The average Bonchev–Trinajstić information content (AvgIpc) is 2.93. The highest BCUT2D eigenvalue weighted by Gasteiger charge is 2.21. The van der Waals surface area contributed by atoms with Gasteiger partial charge >= 0.3 is 5.97 Å². The van der Waals surface area contributed by atoms with E-state index in [9.17, 15) is 14.4 Å². The summed E-state index contributed by atoms with van der Waals surface area (Å²) in [5, 5.41) is 0.235. The van der Waals surface area contributed by atoms with Gasteiger partial charge in [0.25, 0.3) is 11.5 Å². The lowest BCUT2D eigenvalue weighted by Gasteiger charge is -2.17. The molecule has 0 saturated carbocycles. The van der Waals surface area contributed by atoms with E-state index in [4.69, 9.17) is 9.72 Å². The van der Waals surface area contributed by atoms with Crippen LogP contribution < -0.4 is 11.0 Å². The molecule has 3 aromatic heterocycles. The number of aromatic nitrogens is 3. The molecule has 8 nitrogen and oxygen atoms in total. The van der Waals surface area contributed by atoms with Crippen LogP contribution in [0.4, 0.5) is 0 Å². The smallest absolute Gasteiger partial charge is 0.341 e. The van der Waals surface area contributed by atoms with Gasteiger partial charge in [-0.1, -0.05) is 60.7 Å². The number of esters is 1. The van der Waals surface area contributed by atoms with Crippen LogP contribution in [0.2, 0.25) is 0 Å². The van der Waals surface area contributed by atoms with Crippen LogP contribution in [0.1, 0.15) is 42.7 Å². The Bertz CT molecular complexity index is 1820. The summed E-state index contributed by atoms with van der Waals surface area (Å²) in [7, 11) is 0. The molecule has 3 heterocycles. The maximum absolute atomic E-state index is 13.4. The first kappa shape index (κ1) is 25.8. The summed E-state index contributed by atoms with van der Waals surface area (Å²) < 4.78 is 8.36. The molecule has 8 heteroatoms. The van der Waals surface area contributed by atoms with Crippen LogP contribution in [0, 0.1) is 0 Å². The van der Waals surface area contributed by atoms with Gasteiger partial charge in [0, 0.05) is 12.2 Å². The topological polar surface area (TPSA) is 95.0 Å². The van der Waals surface area contributed by atoms with Gasteiger partial charge in [0.05, 0.1) is 18.4 Å². The second-order valence-corrected chi connectivity index (χ2v) is 9.39. The third-order valence-corrected chi connectivity index (χ3v) is 6.39. The van der Waals surface area contributed by atoms with E-state index in [1.165, 1.54) is 10.5 Å². The SMILES string of the molecule is CCOC(=O)c1cc2c(=O)n3ccccc3nc2n(C(C)C)c1=NC(=O)Cc1ccc(-c2ccccc2)cc1. The molecule has 0 bridgehead atoms. The molecule has 5 aromatic rings. The summed E-state index contributed by atoms with van der Waals surface area (Å²) >= 11 is 0. The van der Waals surface area contributed by atoms with Gasteiger partial charge in [-0.05, 0) is 55.7 Å². The number of fused-ring (bicyclic) bond motifs is 2. The lowest BCUT2D eigenvalue weighted by molar-refractivity contribution is -0.117. The Morgan fingerprint density at radius 2 is 1.64 bits per heavy atom.